The predicted molar refractivity (Wildman–Crippen MR) is 78.8 cm³/mol. The fourth-order valence-electron chi connectivity index (χ4n) is 1.67. The van der Waals surface area contributed by atoms with Crippen LogP contribution in [0.25, 0.3) is 0 Å². The Morgan fingerprint density at radius 1 is 1.15 bits per heavy atom. The van der Waals surface area contributed by atoms with Gasteiger partial charge < -0.3 is 10.6 Å². The average molecular weight is 294 g/mol. The molecule has 2 N–H and O–H groups in total. The van der Waals surface area contributed by atoms with Crippen LogP contribution < -0.4 is 10.6 Å². The lowest BCUT2D eigenvalue weighted by molar-refractivity contribution is -0.118. The van der Waals surface area contributed by atoms with Crippen LogP contribution in [0.3, 0.4) is 0 Å². The van der Waals surface area contributed by atoms with Gasteiger partial charge in [-0.25, -0.2) is 0 Å². The highest BCUT2D eigenvalue weighted by Gasteiger charge is 2.24. The van der Waals surface area contributed by atoms with E-state index in [4.69, 9.17) is 0 Å². The van der Waals surface area contributed by atoms with Crippen LogP contribution in [0.5, 0.6) is 0 Å². The fourth-order valence-corrected chi connectivity index (χ4v) is 2.52. The molecule has 0 aromatic heterocycles. The molecule has 1 aromatic carbocycles. The summed E-state index contributed by atoms with van der Waals surface area (Å²) < 4.78 is 11.7. The number of rotatable bonds is 6. The Bertz CT molecular complexity index is 524. The summed E-state index contributed by atoms with van der Waals surface area (Å²) in [5.41, 5.74) is 1.77. The molecule has 1 fully saturated rings. The Kier molecular flexibility index (Phi) is 4.89. The van der Waals surface area contributed by atoms with E-state index >= 15 is 0 Å². The second kappa shape index (κ2) is 6.65. The lowest BCUT2D eigenvalue weighted by atomic mass is 10.2. The fraction of sp³-hybridized carbons (Fsp3) is 0.429. The van der Waals surface area contributed by atoms with E-state index in [2.05, 4.69) is 10.6 Å². The summed E-state index contributed by atoms with van der Waals surface area (Å²) >= 11 is 0. The number of carbonyl (C=O) groups excluding carboxylic acids is 2. The van der Waals surface area contributed by atoms with Gasteiger partial charge >= 0.3 is 0 Å². The first kappa shape index (κ1) is 14.7. The highest BCUT2D eigenvalue weighted by atomic mass is 32.2. The Labute approximate surface area is 120 Å². The summed E-state index contributed by atoms with van der Waals surface area (Å²) in [6.07, 6.45) is 1.98. The minimum atomic E-state index is -1.47. The first-order chi connectivity index (χ1) is 9.52. The number of aryl methyl sites for hydroxylation is 1. The zero-order chi connectivity index (χ0) is 14.5. The maximum absolute atomic E-state index is 11.7. The molecule has 6 heteroatoms. The molecular weight excluding hydrogens is 276 g/mol. The van der Waals surface area contributed by atoms with Gasteiger partial charge in [0.15, 0.2) is 0 Å². The number of anilines is 1. The Balaban J connectivity index is 1.74. The van der Waals surface area contributed by atoms with Crippen LogP contribution in [0, 0.1) is 6.92 Å². The molecular formula is C14H18N2O3S. The Morgan fingerprint density at radius 3 is 2.35 bits per heavy atom. The number of hydrogen-bond acceptors (Lipinski definition) is 3. The molecule has 2 amide bonds. The van der Waals surface area contributed by atoms with Crippen molar-refractivity contribution in [3.63, 3.8) is 0 Å². The minimum Gasteiger partial charge on any atom is -0.353 e. The van der Waals surface area contributed by atoms with Crippen molar-refractivity contribution in [2.75, 3.05) is 16.8 Å². The lowest BCUT2D eigenvalue weighted by Crippen LogP contribution is -2.32. The largest absolute Gasteiger partial charge is 0.353 e. The first-order valence-electron chi connectivity index (χ1n) is 6.54. The van der Waals surface area contributed by atoms with Gasteiger partial charge in [-0.2, -0.15) is 0 Å². The first-order valence-corrected chi connectivity index (χ1v) is 8.02. The smallest absolute Gasteiger partial charge is 0.237 e. The molecule has 0 saturated heterocycles. The molecule has 0 spiro atoms. The van der Waals surface area contributed by atoms with E-state index in [9.17, 15) is 13.8 Å². The zero-order valence-electron chi connectivity index (χ0n) is 11.3. The molecule has 1 aromatic rings. The van der Waals surface area contributed by atoms with Crippen molar-refractivity contribution < 1.29 is 13.8 Å². The van der Waals surface area contributed by atoms with E-state index in [0.29, 0.717) is 5.69 Å². The van der Waals surface area contributed by atoms with E-state index in [-0.39, 0.29) is 29.4 Å². The van der Waals surface area contributed by atoms with Crippen molar-refractivity contribution in [1.29, 1.82) is 0 Å². The van der Waals surface area contributed by atoms with Gasteiger partial charge in [-0.05, 0) is 31.9 Å². The zero-order valence-corrected chi connectivity index (χ0v) is 12.2. The normalized spacial score (nSPS) is 15.4. The summed E-state index contributed by atoms with van der Waals surface area (Å²) in [7, 11) is -1.47. The van der Waals surface area contributed by atoms with Crippen LogP contribution in [0.1, 0.15) is 18.4 Å². The maximum Gasteiger partial charge on any atom is 0.237 e. The highest BCUT2D eigenvalue weighted by Crippen LogP contribution is 2.18. The van der Waals surface area contributed by atoms with Crippen LogP contribution in [-0.4, -0.2) is 33.6 Å². The Hall–Kier alpha value is -1.69. The molecule has 0 radical (unpaired) electrons. The monoisotopic (exact) mass is 294 g/mol. The highest BCUT2D eigenvalue weighted by molar-refractivity contribution is 7.86. The second-order valence-electron chi connectivity index (χ2n) is 4.98. The molecule has 0 heterocycles. The molecule has 2 rings (SSSR count). The van der Waals surface area contributed by atoms with Crippen molar-refractivity contribution >= 4 is 28.3 Å². The topological polar surface area (TPSA) is 75.3 Å². The SMILES string of the molecule is Cc1ccc(NC(=O)CS(=O)CC(=O)NC2CC2)cc1. The predicted octanol–water partition coefficient (Wildman–Crippen LogP) is 0.961. The average Bonchev–Trinajstić information content (AvgIpc) is 3.15. The number of nitrogens with one attached hydrogen (secondary N) is 2. The molecule has 1 aliphatic carbocycles. The summed E-state index contributed by atoms with van der Waals surface area (Å²) in [4.78, 5) is 23.1. The summed E-state index contributed by atoms with van der Waals surface area (Å²) in [5.74, 6) is -0.857. The van der Waals surface area contributed by atoms with E-state index < -0.39 is 10.8 Å². The van der Waals surface area contributed by atoms with Crippen molar-refractivity contribution in [3.05, 3.63) is 29.8 Å². The van der Waals surface area contributed by atoms with Crippen molar-refractivity contribution in [3.8, 4) is 0 Å². The van der Waals surface area contributed by atoms with E-state index in [0.717, 1.165) is 18.4 Å². The number of benzene rings is 1. The van der Waals surface area contributed by atoms with Crippen molar-refractivity contribution in [2.24, 2.45) is 0 Å². The van der Waals surface area contributed by atoms with Gasteiger partial charge in [-0.15, -0.1) is 0 Å². The van der Waals surface area contributed by atoms with Gasteiger partial charge in [0, 0.05) is 22.5 Å². The summed E-state index contributed by atoms with van der Waals surface area (Å²) in [5, 5.41) is 5.41. The van der Waals surface area contributed by atoms with E-state index in [1.807, 2.05) is 19.1 Å². The summed E-state index contributed by atoms with van der Waals surface area (Å²) in [6.45, 7) is 1.96. The number of carbonyl (C=O) groups is 2. The van der Waals surface area contributed by atoms with Gasteiger partial charge in [0.1, 0.15) is 11.5 Å². The van der Waals surface area contributed by atoms with Gasteiger partial charge in [-0.3, -0.25) is 13.8 Å². The molecule has 0 bridgehead atoms. The molecule has 1 aliphatic rings. The third-order valence-electron chi connectivity index (χ3n) is 2.86. The quantitative estimate of drug-likeness (QED) is 0.820. The molecule has 108 valence electrons. The number of hydrogen-bond donors (Lipinski definition) is 2. The van der Waals surface area contributed by atoms with Gasteiger partial charge in [-0.1, -0.05) is 17.7 Å². The van der Waals surface area contributed by atoms with Crippen molar-refractivity contribution in [2.45, 2.75) is 25.8 Å². The lowest BCUT2D eigenvalue weighted by Gasteiger charge is -2.06. The summed E-state index contributed by atoms with van der Waals surface area (Å²) in [6, 6.07) is 7.60. The molecule has 1 saturated carbocycles. The molecule has 1 unspecified atom stereocenters. The van der Waals surface area contributed by atoms with Gasteiger partial charge in [0.05, 0.1) is 0 Å². The maximum atomic E-state index is 11.7. The Morgan fingerprint density at radius 2 is 1.75 bits per heavy atom. The molecule has 20 heavy (non-hydrogen) atoms. The second-order valence-corrected chi connectivity index (χ2v) is 6.44. The molecule has 1 atom stereocenters. The number of amides is 2. The third-order valence-corrected chi connectivity index (χ3v) is 4.03. The van der Waals surface area contributed by atoms with Crippen LogP contribution in [-0.2, 0) is 20.4 Å². The minimum absolute atomic E-state index is 0.113. The third kappa shape index (κ3) is 5.13. The van der Waals surface area contributed by atoms with E-state index in [1.54, 1.807) is 12.1 Å². The van der Waals surface area contributed by atoms with Crippen LogP contribution in [0.4, 0.5) is 5.69 Å². The van der Waals surface area contributed by atoms with Crippen LogP contribution >= 0.6 is 0 Å². The van der Waals surface area contributed by atoms with Gasteiger partial charge in [0.25, 0.3) is 0 Å². The van der Waals surface area contributed by atoms with Crippen LogP contribution in [0.15, 0.2) is 24.3 Å². The van der Waals surface area contributed by atoms with E-state index in [1.165, 1.54) is 0 Å². The molecule has 0 aliphatic heterocycles. The van der Waals surface area contributed by atoms with Gasteiger partial charge in [0.2, 0.25) is 11.8 Å². The molecule has 5 nitrogen and oxygen atoms in total. The van der Waals surface area contributed by atoms with Crippen molar-refractivity contribution in [1.82, 2.24) is 5.32 Å². The standard InChI is InChI=1S/C14H18N2O3S/c1-10-2-4-11(5-3-10)15-13(17)8-20(19)9-14(18)16-12-6-7-12/h2-5,12H,6-9H2,1H3,(H,15,17)(H,16,18). The van der Waals surface area contributed by atoms with Crippen LogP contribution in [0.2, 0.25) is 0 Å².